The molecule has 4 rings (SSSR count). The van der Waals surface area contributed by atoms with Crippen molar-refractivity contribution in [3.8, 4) is 16.9 Å². The SMILES string of the molecule is COC(=O)c1ccc(CCC(=O)NCc2cn(-c3ccccc3)nc2-c2ccncc2)cc1. The summed E-state index contributed by atoms with van der Waals surface area (Å²) in [7, 11) is 1.35. The van der Waals surface area contributed by atoms with Gasteiger partial charge in [0.1, 0.15) is 0 Å². The van der Waals surface area contributed by atoms with E-state index in [1.54, 1.807) is 24.5 Å². The number of esters is 1. The van der Waals surface area contributed by atoms with Gasteiger partial charge in [0.25, 0.3) is 0 Å². The highest BCUT2D eigenvalue weighted by Crippen LogP contribution is 2.23. The molecular formula is C26H24N4O3. The van der Waals surface area contributed by atoms with Crippen LogP contribution in [0.2, 0.25) is 0 Å². The first-order valence-corrected chi connectivity index (χ1v) is 10.6. The number of nitrogens with one attached hydrogen (secondary N) is 1. The average molecular weight is 441 g/mol. The van der Waals surface area contributed by atoms with Crippen molar-refractivity contribution in [3.05, 3.63) is 102 Å². The molecule has 0 aliphatic heterocycles. The number of ether oxygens (including phenoxy) is 1. The van der Waals surface area contributed by atoms with Crippen molar-refractivity contribution in [1.82, 2.24) is 20.1 Å². The molecule has 0 atom stereocenters. The third-order valence-corrected chi connectivity index (χ3v) is 5.26. The number of hydrogen-bond acceptors (Lipinski definition) is 5. The van der Waals surface area contributed by atoms with Crippen LogP contribution in [0.5, 0.6) is 0 Å². The summed E-state index contributed by atoms with van der Waals surface area (Å²) in [4.78, 5) is 28.1. The zero-order valence-electron chi connectivity index (χ0n) is 18.3. The van der Waals surface area contributed by atoms with Gasteiger partial charge >= 0.3 is 5.97 Å². The van der Waals surface area contributed by atoms with E-state index in [2.05, 4.69) is 10.3 Å². The number of methoxy groups -OCH3 is 1. The number of benzene rings is 2. The predicted molar refractivity (Wildman–Crippen MR) is 125 cm³/mol. The van der Waals surface area contributed by atoms with Gasteiger partial charge in [0.2, 0.25) is 5.91 Å². The first-order chi connectivity index (χ1) is 16.1. The number of rotatable bonds is 8. The van der Waals surface area contributed by atoms with E-state index in [1.807, 2.05) is 65.5 Å². The molecule has 2 aromatic carbocycles. The van der Waals surface area contributed by atoms with Crippen LogP contribution in [-0.2, 0) is 22.5 Å². The molecule has 0 saturated carbocycles. The van der Waals surface area contributed by atoms with E-state index in [4.69, 9.17) is 9.84 Å². The first-order valence-electron chi connectivity index (χ1n) is 10.6. The van der Waals surface area contributed by atoms with Gasteiger partial charge < -0.3 is 10.1 Å². The second kappa shape index (κ2) is 10.4. The molecule has 7 heteroatoms. The van der Waals surface area contributed by atoms with Crippen molar-refractivity contribution >= 4 is 11.9 Å². The Morgan fingerprint density at radius 1 is 0.970 bits per heavy atom. The largest absolute Gasteiger partial charge is 0.465 e. The molecule has 33 heavy (non-hydrogen) atoms. The molecule has 166 valence electrons. The molecule has 0 fully saturated rings. The second-order valence-corrected chi connectivity index (χ2v) is 7.48. The standard InChI is InChI=1S/C26H24N4O3/c1-33-26(32)21-10-7-19(8-11-21)9-12-24(31)28-17-22-18-30(23-5-3-2-4-6-23)29-25(22)20-13-15-27-16-14-20/h2-8,10-11,13-16,18H,9,12,17H2,1H3,(H,28,31). The maximum atomic E-state index is 12.5. The van der Waals surface area contributed by atoms with Crippen LogP contribution in [0, 0.1) is 0 Å². The molecule has 7 nitrogen and oxygen atoms in total. The predicted octanol–water partition coefficient (Wildman–Crippen LogP) is 3.97. The Bertz CT molecular complexity index is 1220. The van der Waals surface area contributed by atoms with Crippen molar-refractivity contribution in [1.29, 1.82) is 0 Å². The Morgan fingerprint density at radius 2 is 1.70 bits per heavy atom. The molecule has 1 amide bonds. The topological polar surface area (TPSA) is 86.1 Å². The molecule has 0 bridgehead atoms. The fourth-order valence-corrected chi connectivity index (χ4v) is 3.47. The van der Waals surface area contributed by atoms with Crippen LogP contribution in [0.25, 0.3) is 16.9 Å². The van der Waals surface area contributed by atoms with E-state index < -0.39 is 0 Å². The average Bonchev–Trinajstić information content (AvgIpc) is 3.31. The van der Waals surface area contributed by atoms with E-state index >= 15 is 0 Å². The van der Waals surface area contributed by atoms with Crippen LogP contribution in [0.15, 0.2) is 85.3 Å². The number of nitrogens with zero attached hydrogens (tertiary/aromatic N) is 3. The Labute approximate surface area is 192 Å². The molecule has 0 aliphatic carbocycles. The van der Waals surface area contributed by atoms with Gasteiger partial charge in [-0.15, -0.1) is 0 Å². The third kappa shape index (κ3) is 5.51. The minimum absolute atomic E-state index is 0.0554. The van der Waals surface area contributed by atoms with Crippen LogP contribution in [-0.4, -0.2) is 33.8 Å². The number of hydrogen-bond donors (Lipinski definition) is 1. The number of carbonyl (C=O) groups is 2. The lowest BCUT2D eigenvalue weighted by molar-refractivity contribution is -0.121. The van der Waals surface area contributed by atoms with Gasteiger partial charge in [-0.05, 0) is 48.4 Å². The molecule has 1 N–H and O–H groups in total. The second-order valence-electron chi connectivity index (χ2n) is 7.48. The van der Waals surface area contributed by atoms with Gasteiger partial charge in [0.15, 0.2) is 0 Å². The molecular weight excluding hydrogens is 416 g/mol. The quantitative estimate of drug-likeness (QED) is 0.419. The van der Waals surface area contributed by atoms with Gasteiger partial charge in [-0.25, -0.2) is 9.48 Å². The summed E-state index contributed by atoms with van der Waals surface area (Å²) in [5.74, 6) is -0.430. The molecule has 0 unspecified atom stereocenters. The maximum absolute atomic E-state index is 12.5. The number of para-hydroxylation sites is 1. The lowest BCUT2D eigenvalue weighted by Gasteiger charge is -2.06. The first kappa shape index (κ1) is 22.0. The normalized spacial score (nSPS) is 10.6. The number of amides is 1. The van der Waals surface area contributed by atoms with Crippen LogP contribution in [0.1, 0.15) is 27.9 Å². The number of aromatic nitrogens is 3. The van der Waals surface area contributed by atoms with Crippen LogP contribution >= 0.6 is 0 Å². The lowest BCUT2D eigenvalue weighted by Crippen LogP contribution is -2.23. The smallest absolute Gasteiger partial charge is 0.337 e. The zero-order valence-corrected chi connectivity index (χ0v) is 18.3. The van der Waals surface area contributed by atoms with Gasteiger partial charge in [0.05, 0.1) is 24.1 Å². The van der Waals surface area contributed by atoms with Crippen molar-refractivity contribution in [2.45, 2.75) is 19.4 Å². The Hall–Kier alpha value is -4.26. The molecule has 0 saturated heterocycles. The molecule has 0 radical (unpaired) electrons. The monoisotopic (exact) mass is 440 g/mol. The zero-order chi connectivity index (χ0) is 23.0. The summed E-state index contributed by atoms with van der Waals surface area (Å²) in [6.45, 7) is 0.366. The highest BCUT2D eigenvalue weighted by molar-refractivity contribution is 5.89. The highest BCUT2D eigenvalue weighted by Gasteiger charge is 2.13. The van der Waals surface area contributed by atoms with Crippen molar-refractivity contribution in [2.24, 2.45) is 0 Å². The summed E-state index contributed by atoms with van der Waals surface area (Å²) in [5.41, 5.74) is 5.08. The van der Waals surface area contributed by atoms with E-state index in [1.165, 1.54) is 7.11 Å². The number of carbonyl (C=O) groups excluding carboxylic acids is 2. The summed E-state index contributed by atoms with van der Waals surface area (Å²) in [6, 6.07) is 20.7. The van der Waals surface area contributed by atoms with Crippen LogP contribution in [0.3, 0.4) is 0 Å². The fraction of sp³-hybridized carbons (Fsp3) is 0.154. The molecule has 2 heterocycles. The third-order valence-electron chi connectivity index (χ3n) is 5.26. The minimum Gasteiger partial charge on any atom is -0.465 e. The van der Waals surface area contributed by atoms with E-state index in [0.29, 0.717) is 24.9 Å². The molecule has 0 spiro atoms. The number of aryl methyl sites for hydroxylation is 1. The Balaban J connectivity index is 1.42. The van der Waals surface area contributed by atoms with Gasteiger partial charge in [-0.1, -0.05) is 30.3 Å². The summed E-state index contributed by atoms with van der Waals surface area (Å²) in [6.07, 6.45) is 6.31. The van der Waals surface area contributed by atoms with Crippen molar-refractivity contribution in [2.75, 3.05) is 7.11 Å². The van der Waals surface area contributed by atoms with E-state index in [9.17, 15) is 9.59 Å². The molecule has 4 aromatic rings. The Morgan fingerprint density at radius 3 is 2.39 bits per heavy atom. The highest BCUT2D eigenvalue weighted by atomic mass is 16.5. The van der Waals surface area contributed by atoms with Crippen LogP contribution in [0.4, 0.5) is 0 Å². The lowest BCUT2D eigenvalue weighted by atomic mass is 10.1. The maximum Gasteiger partial charge on any atom is 0.337 e. The molecule has 2 aromatic heterocycles. The number of pyridine rings is 1. The van der Waals surface area contributed by atoms with Crippen LogP contribution < -0.4 is 5.32 Å². The minimum atomic E-state index is -0.375. The van der Waals surface area contributed by atoms with E-state index in [-0.39, 0.29) is 11.9 Å². The van der Waals surface area contributed by atoms with E-state index in [0.717, 1.165) is 28.1 Å². The fourth-order valence-electron chi connectivity index (χ4n) is 3.47. The van der Waals surface area contributed by atoms with Gasteiger partial charge in [0, 0.05) is 42.7 Å². The Kier molecular flexibility index (Phi) is 6.90. The summed E-state index contributed by atoms with van der Waals surface area (Å²) >= 11 is 0. The summed E-state index contributed by atoms with van der Waals surface area (Å²) < 4.78 is 6.53. The van der Waals surface area contributed by atoms with Gasteiger partial charge in [-0.3, -0.25) is 9.78 Å². The summed E-state index contributed by atoms with van der Waals surface area (Å²) in [5, 5.41) is 7.75. The van der Waals surface area contributed by atoms with Crippen molar-refractivity contribution in [3.63, 3.8) is 0 Å². The van der Waals surface area contributed by atoms with Crippen molar-refractivity contribution < 1.29 is 14.3 Å². The van der Waals surface area contributed by atoms with Gasteiger partial charge in [-0.2, -0.15) is 5.10 Å². The molecule has 0 aliphatic rings.